The number of carbonyl (C=O) groups excluding carboxylic acids is 1. The minimum atomic E-state index is -0.418. The predicted molar refractivity (Wildman–Crippen MR) is 143 cm³/mol. The third-order valence-electron chi connectivity index (χ3n) is 5.84. The van der Waals surface area contributed by atoms with E-state index in [0.717, 1.165) is 30.6 Å². The third kappa shape index (κ3) is 8.99. The van der Waals surface area contributed by atoms with Crippen molar-refractivity contribution in [1.82, 2.24) is 9.97 Å². The van der Waals surface area contributed by atoms with Crippen LogP contribution in [0.2, 0.25) is 0 Å². The van der Waals surface area contributed by atoms with Crippen molar-refractivity contribution in [3.8, 4) is 28.6 Å². The van der Waals surface area contributed by atoms with Crippen molar-refractivity contribution >= 4 is 5.97 Å². The highest BCUT2D eigenvalue weighted by molar-refractivity contribution is 5.91. The highest BCUT2D eigenvalue weighted by Crippen LogP contribution is 2.22. The van der Waals surface area contributed by atoms with Crippen LogP contribution in [0.25, 0.3) is 11.4 Å². The van der Waals surface area contributed by atoms with Gasteiger partial charge in [-0.05, 0) is 68.3 Å². The molecule has 0 amide bonds. The van der Waals surface area contributed by atoms with E-state index in [1.807, 2.05) is 19.1 Å². The molecular weight excluding hydrogens is 452 g/mol. The van der Waals surface area contributed by atoms with Gasteiger partial charge in [0.15, 0.2) is 11.6 Å². The number of ether oxygens (including phenoxy) is 3. The Balaban J connectivity index is 1.46. The lowest BCUT2D eigenvalue weighted by molar-refractivity contribution is 0.0734. The Bertz CT molecular complexity index is 1030. The second-order valence-corrected chi connectivity index (χ2v) is 9.01. The Kier molecular flexibility index (Phi) is 11.2. The zero-order valence-electron chi connectivity index (χ0n) is 21.7. The molecule has 0 spiro atoms. The molecule has 36 heavy (non-hydrogen) atoms. The molecule has 6 heteroatoms. The summed E-state index contributed by atoms with van der Waals surface area (Å²) in [5.41, 5.74) is 1.30. The zero-order valence-corrected chi connectivity index (χ0v) is 21.7. The van der Waals surface area contributed by atoms with Crippen molar-refractivity contribution in [3.63, 3.8) is 0 Å². The van der Waals surface area contributed by atoms with Crippen molar-refractivity contribution in [1.29, 1.82) is 0 Å². The quantitative estimate of drug-likeness (QED) is 0.124. The van der Waals surface area contributed by atoms with Gasteiger partial charge in [0, 0.05) is 5.56 Å². The molecule has 0 aliphatic rings. The topological polar surface area (TPSA) is 70.5 Å². The maximum atomic E-state index is 12.5. The number of unbranched alkanes of at least 4 members (excludes halogenated alkanes) is 5. The minimum absolute atomic E-state index is 0.143. The smallest absolute Gasteiger partial charge is 0.343 e. The summed E-state index contributed by atoms with van der Waals surface area (Å²) < 4.78 is 17.1. The summed E-state index contributed by atoms with van der Waals surface area (Å²) in [6.45, 7) is 7.08. The van der Waals surface area contributed by atoms with E-state index in [2.05, 4.69) is 23.8 Å². The summed E-state index contributed by atoms with van der Waals surface area (Å²) in [4.78, 5) is 21.3. The number of esters is 1. The first-order valence-corrected chi connectivity index (χ1v) is 13.1. The zero-order chi connectivity index (χ0) is 25.6. The van der Waals surface area contributed by atoms with E-state index < -0.39 is 5.97 Å². The predicted octanol–water partition coefficient (Wildman–Crippen LogP) is 7.67. The van der Waals surface area contributed by atoms with Gasteiger partial charge in [-0.1, -0.05) is 52.4 Å². The van der Waals surface area contributed by atoms with Crippen LogP contribution >= 0.6 is 0 Å². The molecule has 192 valence electrons. The van der Waals surface area contributed by atoms with Gasteiger partial charge in [0.2, 0.25) is 0 Å². The van der Waals surface area contributed by atoms with Crippen LogP contribution in [0.15, 0.2) is 60.9 Å². The lowest BCUT2D eigenvalue weighted by Crippen LogP contribution is -2.11. The molecule has 3 aromatic rings. The maximum absolute atomic E-state index is 12.5. The lowest BCUT2D eigenvalue weighted by atomic mass is 10.1. The van der Waals surface area contributed by atoms with E-state index in [-0.39, 0.29) is 6.10 Å². The molecular formula is C30H38N2O4. The monoisotopic (exact) mass is 490 g/mol. The number of carbonyl (C=O) groups is 1. The van der Waals surface area contributed by atoms with Crippen LogP contribution in [-0.4, -0.2) is 28.6 Å². The molecule has 0 fully saturated rings. The molecule has 0 aliphatic carbocycles. The minimum Gasteiger partial charge on any atom is -0.491 e. The van der Waals surface area contributed by atoms with E-state index in [9.17, 15) is 4.79 Å². The first kappa shape index (κ1) is 27.2. The highest BCUT2D eigenvalue weighted by atomic mass is 16.5. The van der Waals surface area contributed by atoms with Crippen molar-refractivity contribution in [2.24, 2.45) is 0 Å². The summed E-state index contributed by atoms with van der Waals surface area (Å²) in [6, 6.07) is 14.2. The van der Waals surface area contributed by atoms with Crippen molar-refractivity contribution in [3.05, 3.63) is 66.5 Å². The molecule has 0 N–H and O–H groups in total. The number of hydrogen-bond acceptors (Lipinski definition) is 6. The van der Waals surface area contributed by atoms with Gasteiger partial charge < -0.3 is 14.2 Å². The molecule has 1 atom stereocenters. The normalized spacial score (nSPS) is 11.6. The molecule has 0 bridgehead atoms. The third-order valence-corrected chi connectivity index (χ3v) is 5.84. The van der Waals surface area contributed by atoms with Crippen molar-refractivity contribution in [2.45, 2.75) is 78.2 Å². The van der Waals surface area contributed by atoms with Gasteiger partial charge in [-0.25, -0.2) is 14.8 Å². The summed E-state index contributed by atoms with van der Waals surface area (Å²) in [5.74, 6) is 2.05. The van der Waals surface area contributed by atoms with Gasteiger partial charge in [-0.15, -0.1) is 0 Å². The van der Waals surface area contributed by atoms with Crippen LogP contribution in [0.3, 0.4) is 0 Å². The molecule has 0 aliphatic heterocycles. The molecule has 6 nitrogen and oxygen atoms in total. The summed E-state index contributed by atoms with van der Waals surface area (Å²) in [7, 11) is 0. The molecule has 0 radical (unpaired) electrons. The van der Waals surface area contributed by atoms with Gasteiger partial charge in [-0.2, -0.15) is 0 Å². The molecule has 3 rings (SSSR count). The van der Waals surface area contributed by atoms with Gasteiger partial charge >= 0.3 is 5.97 Å². The van der Waals surface area contributed by atoms with Crippen LogP contribution in [0.1, 0.15) is 82.5 Å². The number of benzene rings is 2. The fourth-order valence-corrected chi connectivity index (χ4v) is 3.82. The van der Waals surface area contributed by atoms with E-state index >= 15 is 0 Å². The SMILES string of the molecule is CCCCCCCCOc1cnc(-c2ccc(OC(=O)c3ccc(O[C@@H](C)CCC)cc3)cc2)nc1. The largest absolute Gasteiger partial charge is 0.491 e. The molecule has 2 aromatic carbocycles. The van der Waals surface area contributed by atoms with E-state index in [1.54, 1.807) is 48.8 Å². The Morgan fingerprint density at radius 1 is 0.778 bits per heavy atom. The van der Waals surface area contributed by atoms with Crippen molar-refractivity contribution in [2.75, 3.05) is 6.61 Å². The van der Waals surface area contributed by atoms with E-state index in [1.165, 1.54) is 32.1 Å². The Hall–Kier alpha value is -3.41. The van der Waals surface area contributed by atoms with Gasteiger partial charge in [0.25, 0.3) is 0 Å². The first-order valence-electron chi connectivity index (χ1n) is 13.1. The summed E-state index contributed by atoms with van der Waals surface area (Å²) in [5, 5.41) is 0. The average molecular weight is 491 g/mol. The van der Waals surface area contributed by atoms with Crippen LogP contribution in [-0.2, 0) is 0 Å². The highest BCUT2D eigenvalue weighted by Gasteiger charge is 2.11. The lowest BCUT2D eigenvalue weighted by Gasteiger charge is -2.13. The second kappa shape index (κ2) is 14.9. The fraction of sp³-hybridized carbons (Fsp3) is 0.433. The van der Waals surface area contributed by atoms with Crippen LogP contribution in [0.5, 0.6) is 17.2 Å². The maximum Gasteiger partial charge on any atom is 0.343 e. The van der Waals surface area contributed by atoms with Crippen molar-refractivity contribution < 1.29 is 19.0 Å². The van der Waals surface area contributed by atoms with Gasteiger partial charge in [0.1, 0.15) is 11.5 Å². The summed E-state index contributed by atoms with van der Waals surface area (Å²) in [6.07, 6.45) is 13.0. The van der Waals surface area contributed by atoms with Crippen LogP contribution in [0, 0.1) is 0 Å². The van der Waals surface area contributed by atoms with Crippen LogP contribution in [0.4, 0.5) is 0 Å². The van der Waals surface area contributed by atoms with Crippen LogP contribution < -0.4 is 14.2 Å². The molecule has 0 saturated heterocycles. The Labute approximate surface area is 215 Å². The second-order valence-electron chi connectivity index (χ2n) is 9.01. The number of hydrogen-bond donors (Lipinski definition) is 0. The average Bonchev–Trinajstić information content (AvgIpc) is 2.89. The number of aromatic nitrogens is 2. The number of nitrogens with zero attached hydrogens (tertiary/aromatic N) is 2. The summed E-state index contributed by atoms with van der Waals surface area (Å²) >= 11 is 0. The fourth-order valence-electron chi connectivity index (χ4n) is 3.82. The molecule has 1 aromatic heterocycles. The van der Waals surface area contributed by atoms with E-state index in [4.69, 9.17) is 14.2 Å². The molecule has 1 heterocycles. The molecule has 0 saturated carbocycles. The Morgan fingerprint density at radius 2 is 1.42 bits per heavy atom. The van der Waals surface area contributed by atoms with Gasteiger partial charge in [-0.3, -0.25) is 0 Å². The number of rotatable bonds is 15. The van der Waals surface area contributed by atoms with E-state index in [0.29, 0.717) is 29.5 Å². The first-order chi connectivity index (χ1) is 17.6. The van der Waals surface area contributed by atoms with Gasteiger partial charge in [0.05, 0.1) is 30.7 Å². The molecule has 0 unspecified atom stereocenters. The standard InChI is InChI=1S/C30H38N2O4/c1-4-6-7-8-9-10-20-34-28-21-31-29(32-22-28)24-12-16-27(17-13-24)36-30(33)25-14-18-26(19-15-25)35-23(3)11-5-2/h12-19,21-23H,4-11,20H2,1-3H3/t23-/m0/s1. The Morgan fingerprint density at radius 3 is 2.08 bits per heavy atom.